The number of rotatable bonds is 6. The molecular formula is C7H12N2O5. The zero-order valence-corrected chi connectivity index (χ0v) is 7.80. The highest BCUT2D eigenvalue weighted by atomic mass is 16.6. The van der Waals surface area contributed by atoms with Crippen molar-refractivity contribution in [3.8, 4) is 0 Å². The Morgan fingerprint density at radius 2 is 2.14 bits per heavy atom. The lowest BCUT2D eigenvalue weighted by Gasteiger charge is -2.00. The first-order chi connectivity index (χ1) is 6.60. The van der Waals surface area contributed by atoms with Crippen molar-refractivity contribution in [3.63, 3.8) is 0 Å². The Balaban J connectivity index is 3.81. The van der Waals surface area contributed by atoms with Gasteiger partial charge in [0.15, 0.2) is 0 Å². The summed E-state index contributed by atoms with van der Waals surface area (Å²) in [6.07, 6.45) is 0.283. The van der Waals surface area contributed by atoms with Crippen molar-refractivity contribution < 1.29 is 19.7 Å². The number of methoxy groups -OCH3 is 1. The molecule has 7 nitrogen and oxygen atoms in total. The number of hydrogen-bond acceptors (Lipinski definition) is 6. The van der Waals surface area contributed by atoms with Gasteiger partial charge >= 0.3 is 5.97 Å². The molecule has 0 aromatic carbocycles. The van der Waals surface area contributed by atoms with Crippen LogP contribution in [0.3, 0.4) is 0 Å². The minimum atomic E-state index is -0.511. The highest BCUT2D eigenvalue weighted by Crippen LogP contribution is 1.99. The number of nitro groups is 1. The van der Waals surface area contributed by atoms with Gasteiger partial charge in [-0.2, -0.15) is 0 Å². The molecule has 7 heteroatoms. The van der Waals surface area contributed by atoms with E-state index in [0.717, 1.165) is 0 Å². The summed E-state index contributed by atoms with van der Waals surface area (Å²) in [6, 6.07) is 0. The Hall–Kier alpha value is -1.66. The van der Waals surface area contributed by atoms with Crippen LogP contribution < -0.4 is 0 Å². The number of nitrogens with zero attached hydrogens (tertiary/aromatic N) is 2. The highest BCUT2D eigenvalue weighted by molar-refractivity contribution is 5.87. The van der Waals surface area contributed by atoms with E-state index in [0.29, 0.717) is 0 Å². The minimum Gasteiger partial charge on any atom is -0.469 e. The molecule has 0 saturated heterocycles. The van der Waals surface area contributed by atoms with Crippen molar-refractivity contribution in [1.29, 1.82) is 0 Å². The van der Waals surface area contributed by atoms with Crippen LogP contribution in [0.1, 0.15) is 19.3 Å². The molecule has 0 spiro atoms. The van der Waals surface area contributed by atoms with Crippen molar-refractivity contribution in [2.45, 2.75) is 19.3 Å². The summed E-state index contributed by atoms with van der Waals surface area (Å²) >= 11 is 0. The molecule has 0 atom stereocenters. The molecule has 0 saturated carbocycles. The molecule has 0 aromatic heterocycles. The van der Waals surface area contributed by atoms with Crippen LogP contribution in [0, 0.1) is 10.1 Å². The average molecular weight is 204 g/mol. The molecule has 0 aliphatic carbocycles. The van der Waals surface area contributed by atoms with E-state index >= 15 is 0 Å². The summed E-state index contributed by atoms with van der Waals surface area (Å²) in [5.74, 6) is -0.438. The van der Waals surface area contributed by atoms with Gasteiger partial charge in [-0.15, -0.1) is 0 Å². The van der Waals surface area contributed by atoms with Crippen LogP contribution in [-0.4, -0.2) is 35.5 Å². The van der Waals surface area contributed by atoms with Gasteiger partial charge in [0.05, 0.1) is 25.7 Å². The van der Waals surface area contributed by atoms with Crippen LogP contribution in [0.5, 0.6) is 0 Å². The Morgan fingerprint density at radius 3 is 2.57 bits per heavy atom. The third-order valence-corrected chi connectivity index (χ3v) is 1.57. The van der Waals surface area contributed by atoms with E-state index in [4.69, 9.17) is 5.21 Å². The largest absolute Gasteiger partial charge is 0.469 e. The second kappa shape index (κ2) is 6.81. The van der Waals surface area contributed by atoms with Crippen LogP contribution in [0.4, 0.5) is 0 Å². The number of carbonyl (C=O) groups is 1. The maximum atomic E-state index is 10.7. The van der Waals surface area contributed by atoms with Gasteiger partial charge in [0.25, 0.3) is 0 Å². The summed E-state index contributed by atoms with van der Waals surface area (Å²) in [4.78, 5) is 20.2. The SMILES string of the molecule is COC(=O)CC/C(CC[N+](=O)[O-])=N/O. The van der Waals surface area contributed by atoms with Gasteiger partial charge < -0.3 is 9.94 Å². The van der Waals surface area contributed by atoms with E-state index in [2.05, 4.69) is 9.89 Å². The highest BCUT2D eigenvalue weighted by Gasteiger charge is 2.08. The Morgan fingerprint density at radius 1 is 1.50 bits per heavy atom. The summed E-state index contributed by atoms with van der Waals surface area (Å²) in [5, 5.41) is 21.3. The maximum absolute atomic E-state index is 10.7. The first-order valence-electron chi connectivity index (χ1n) is 3.98. The fourth-order valence-electron chi connectivity index (χ4n) is 0.794. The van der Waals surface area contributed by atoms with Crippen LogP contribution in [0.2, 0.25) is 0 Å². The molecule has 0 rings (SSSR count). The third-order valence-electron chi connectivity index (χ3n) is 1.57. The number of oxime groups is 1. The van der Waals surface area contributed by atoms with E-state index in [1.165, 1.54) is 7.11 Å². The molecule has 0 aromatic rings. The molecule has 0 fully saturated rings. The lowest BCUT2D eigenvalue weighted by atomic mass is 10.1. The number of esters is 1. The van der Waals surface area contributed by atoms with Gasteiger partial charge in [-0.3, -0.25) is 14.9 Å². The van der Waals surface area contributed by atoms with E-state index in [1.54, 1.807) is 0 Å². The Labute approximate surface area is 80.5 Å². The molecular weight excluding hydrogens is 192 g/mol. The van der Waals surface area contributed by atoms with Crippen molar-refractivity contribution in [2.75, 3.05) is 13.7 Å². The lowest BCUT2D eigenvalue weighted by molar-refractivity contribution is -0.478. The average Bonchev–Trinajstić information content (AvgIpc) is 2.17. The monoisotopic (exact) mass is 204 g/mol. The van der Waals surface area contributed by atoms with Gasteiger partial charge in [0.1, 0.15) is 0 Å². The predicted molar refractivity (Wildman–Crippen MR) is 46.9 cm³/mol. The summed E-state index contributed by atoms with van der Waals surface area (Å²) < 4.78 is 4.36. The molecule has 0 aliphatic heterocycles. The van der Waals surface area contributed by atoms with E-state index in [1.807, 2.05) is 0 Å². The standard InChI is InChI=1S/C7H12N2O5/c1-14-7(10)3-2-6(8-11)4-5-9(12)13/h11H,2-5H2,1H3/b8-6-. The topological polar surface area (TPSA) is 102 Å². The lowest BCUT2D eigenvalue weighted by Crippen LogP contribution is -2.11. The van der Waals surface area contributed by atoms with Gasteiger partial charge in [-0.05, 0) is 6.42 Å². The summed E-state index contributed by atoms with van der Waals surface area (Å²) in [6.45, 7) is -0.305. The normalized spacial score (nSPS) is 11.1. The molecule has 0 unspecified atom stereocenters. The third kappa shape index (κ3) is 5.92. The fourth-order valence-corrected chi connectivity index (χ4v) is 0.794. The fraction of sp³-hybridized carbons (Fsp3) is 0.714. The minimum absolute atomic E-state index is 0.0422. The van der Waals surface area contributed by atoms with Gasteiger partial charge in [-0.25, -0.2) is 0 Å². The smallest absolute Gasteiger partial charge is 0.305 e. The zero-order valence-electron chi connectivity index (χ0n) is 7.80. The van der Waals surface area contributed by atoms with Crippen molar-refractivity contribution >= 4 is 11.7 Å². The quantitative estimate of drug-likeness (QED) is 0.222. The van der Waals surface area contributed by atoms with E-state index in [-0.39, 0.29) is 31.5 Å². The number of hydrogen-bond donors (Lipinski definition) is 1. The molecule has 0 aliphatic rings. The second-order valence-corrected chi connectivity index (χ2v) is 2.55. The zero-order chi connectivity index (χ0) is 11.0. The van der Waals surface area contributed by atoms with Gasteiger partial charge in [0.2, 0.25) is 6.54 Å². The van der Waals surface area contributed by atoms with Crippen molar-refractivity contribution in [1.82, 2.24) is 0 Å². The molecule has 0 amide bonds. The molecule has 0 bridgehead atoms. The van der Waals surface area contributed by atoms with Crippen LogP contribution in [-0.2, 0) is 9.53 Å². The summed E-state index contributed by atoms with van der Waals surface area (Å²) in [7, 11) is 1.25. The molecule has 1 N–H and O–H groups in total. The molecule has 0 heterocycles. The first kappa shape index (κ1) is 12.3. The number of carbonyl (C=O) groups excluding carboxylic acids is 1. The van der Waals surface area contributed by atoms with Crippen molar-refractivity contribution in [3.05, 3.63) is 10.1 Å². The van der Waals surface area contributed by atoms with E-state index < -0.39 is 10.9 Å². The van der Waals surface area contributed by atoms with Gasteiger partial charge in [-0.1, -0.05) is 5.16 Å². The molecule has 0 radical (unpaired) electrons. The molecule has 80 valence electrons. The van der Waals surface area contributed by atoms with E-state index in [9.17, 15) is 14.9 Å². The Kier molecular flexibility index (Phi) is 6.01. The maximum Gasteiger partial charge on any atom is 0.305 e. The van der Waals surface area contributed by atoms with Crippen LogP contribution in [0.15, 0.2) is 5.16 Å². The van der Waals surface area contributed by atoms with Gasteiger partial charge in [0, 0.05) is 4.92 Å². The van der Waals surface area contributed by atoms with Crippen LogP contribution in [0.25, 0.3) is 0 Å². The molecule has 14 heavy (non-hydrogen) atoms. The first-order valence-corrected chi connectivity index (χ1v) is 3.98. The summed E-state index contributed by atoms with van der Waals surface area (Å²) in [5.41, 5.74) is 0.229. The predicted octanol–water partition coefficient (Wildman–Crippen LogP) is 0.437. The van der Waals surface area contributed by atoms with Crippen LogP contribution >= 0.6 is 0 Å². The number of ether oxygens (including phenoxy) is 1. The van der Waals surface area contributed by atoms with Crippen molar-refractivity contribution in [2.24, 2.45) is 5.16 Å². The second-order valence-electron chi connectivity index (χ2n) is 2.55. The Bertz CT molecular complexity index is 238.